The summed E-state index contributed by atoms with van der Waals surface area (Å²) in [5.41, 5.74) is 1.35. The van der Waals surface area contributed by atoms with E-state index in [4.69, 9.17) is 4.74 Å². The molecule has 20 heavy (non-hydrogen) atoms. The van der Waals surface area contributed by atoms with E-state index in [0.29, 0.717) is 19.1 Å². The third kappa shape index (κ3) is 5.91. The van der Waals surface area contributed by atoms with Gasteiger partial charge in [-0.3, -0.25) is 4.79 Å². The van der Waals surface area contributed by atoms with E-state index >= 15 is 0 Å². The highest BCUT2D eigenvalue weighted by Crippen LogP contribution is 2.21. The summed E-state index contributed by atoms with van der Waals surface area (Å²) in [6.07, 6.45) is 4.26. The lowest BCUT2D eigenvalue weighted by Crippen LogP contribution is -2.22. The summed E-state index contributed by atoms with van der Waals surface area (Å²) in [5.74, 6) is 1.39. The van der Waals surface area contributed by atoms with E-state index < -0.39 is 0 Å². The highest BCUT2D eigenvalue weighted by molar-refractivity contribution is 5.86. The molecule has 0 radical (unpaired) electrons. The van der Waals surface area contributed by atoms with Gasteiger partial charge in [-0.05, 0) is 49.0 Å². The Morgan fingerprint density at radius 1 is 1.35 bits per heavy atom. The van der Waals surface area contributed by atoms with Gasteiger partial charge >= 0.3 is 0 Å². The molecule has 0 aromatic heterocycles. The first-order valence-corrected chi connectivity index (χ1v) is 7.30. The first-order valence-electron chi connectivity index (χ1n) is 7.30. The molecule has 1 aromatic rings. The van der Waals surface area contributed by atoms with E-state index in [1.165, 1.54) is 11.6 Å². The first kappa shape index (κ1) is 16.3. The summed E-state index contributed by atoms with van der Waals surface area (Å²) >= 11 is 0. The minimum absolute atomic E-state index is 0.119. The van der Waals surface area contributed by atoms with Gasteiger partial charge in [0.15, 0.2) is 0 Å². The monoisotopic (exact) mass is 275 g/mol. The largest absolute Gasteiger partial charge is 0.494 e. The van der Waals surface area contributed by atoms with Gasteiger partial charge < -0.3 is 10.1 Å². The van der Waals surface area contributed by atoms with Crippen molar-refractivity contribution in [1.29, 1.82) is 0 Å². The molecule has 3 heteroatoms. The molecule has 1 rings (SSSR count). The molecule has 0 saturated carbocycles. The number of carbonyl (C=O) groups excluding carboxylic acids is 1. The Hall–Kier alpha value is -1.77. The Morgan fingerprint density at radius 3 is 2.65 bits per heavy atom. The van der Waals surface area contributed by atoms with Gasteiger partial charge in [0, 0.05) is 6.54 Å². The quantitative estimate of drug-likeness (QED) is 0.551. The molecule has 0 aliphatic carbocycles. The van der Waals surface area contributed by atoms with Gasteiger partial charge in [-0.2, -0.15) is 0 Å². The number of amides is 1. The second-order valence-corrected chi connectivity index (χ2v) is 4.93. The zero-order valence-corrected chi connectivity index (χ0v) is 12.5. The van der Waals surface area contributed by atoms with Crippen LogP contribution in [0.4, 0.5) is 0 Å². The lowest BCUT2D eigenvalue weighted by Gasteiger charge is -2.10. The molecule has 0 aliphatic heterocycles. The molecule has 3 nitrogen and oxygen atoms in total. The van der Waals surface area contributed by atoms with Crippen LogP contribution in [0.15, 0.2) is 36.9 Å². The van der Waals surface area contributed by atoms with Crippen molar-refractivity contribution in [2.75, 3.05) is 13.2 Å². The van der Waals surface area contributed by atoms with Crippen LogP contribution in [0.2, 0.25) is 0 Å². The summed E-state index contributed by atoms with van der Waals surface area (Å²) < 4.78 is 5.67. The van der Waals surface area contributed by atoms with E-state index in [1.807, 2.05) is 12.1 Å². The summed E-state index contributed by atoms with van der Waals surface area (Å²) in [5, 5.41) is 2.74. The summed E-state index contributed by atoms with van der Waals surface area (Å²) in [6, 6.07) is 8.32. The van der Waals surface area contributed by atoms with Gasteiger partial charge in [0.1, 0.15) is 5.75 Å². The minimum Gasteiger partial charge on any atom is -0.494 e. The molecule has 1 amide bonds. The third-order valence-electron chi connectivity index (χ3n) is 3.39. The Balaban J connectivity index is 2.19. The van der Waals surface area contributed by atoms with Gasteiger partial charge in [0.2, 0.25) is 5.91 Å². The molecule has 0 fully saturated rings. The number of carbonyl (C=O) groups is 1. The maximum atomic E-state index is 10.9. The van der Waals surface area contributed by atoms with Crippen molar-refractivity contribution in [2.45, 2.75) is 39.0 Å². The van der Waals surface area contributed by atoms with E-state index in [1.54, 1.807) is 0 Å². The van der Waals surface area contributed by atoms with Crippen LogP contribution >= 0.6 is 0 Å². The molecule has 1 unspecified atom stereocenters. The van der Waals surface area contributed by atoms with Crippen molar-refractivity contribution in [3.63, 3.8) is 0 Å². The Kier molecular flexibility index (Phi) is 7.48. The number of ether oxygens (including phenoxy) is 1. The highest BCUT2D eigenvalue weighted by Gasteiger charge is 2.02. The normalized spacial score (nSPS) is 11.7. The Morgan fingerprint density at radius 2 is 2.05 bits per heavy atom. The number of benzene rings is 1. The van der Waals surface area contributed by atoms with Gasteiger partial charge in [-0.15, -0.1) is 0 Å². The smallest absolute Gasteiger partial charge is 0.243 e. The highest BCUT2D eigenvalue weighted by atomic mass is 16.5. The molecule has 0 heterocycles. The van der Waals surface area contributed by atoms with Crippen LogP contribution in [0.5, 0.6) is 5.75 Å². The molecule has 0 bridgehead atoms. The maximum Gasteiger partial charge on any atom is 0.243 e. The van der Waals surface area contributed by atoms with Crippen LogP contribution in [0.25, 0.3) is 0 Å². The van der Waals surface area contributed by atoms with E-state index in [0.717, 1.165) is 25.0 Å². The lowest BCUT2D eigenvalue weighted by atomic mass is 9.99. The number of unbranched alkanes of at least 4 members (excludes halogenated alkanes) is 1. The van der Waals surface area contributed by atoms with Crippen molar-refractivity contribution < 1.29 is 9.53 Å². The average Bonchev–Trinajstić information content (AvgIpc) is 2.50. The molecule has 1 aromatic carbocycles. The second kappa shape index (κ2) is 9.18. The predicted molar refractivity (Wildman–Crippen MR) is 83.1 cm³/mol. The second-order valence-electron chi connectivity index (χ2n) is 4.93. The zero-order valence-electron chi connectivity index (χ0n) is 12.5. The van der Waals surface area contributed by atoms with Crippen molar-refractivity contribution in [3.05, 3.63) is 42.5 Å². The van der Waals surface area contributed by atoms with Crippen LogP contribution in [-0.2, 0) is 4.79 Å². The maximum absolute atomic E-state index is 10.9. The van der Waals surface area contributed by atoms with Crippen molar-refractivity contribution >= 4 is 5.91 Å². The van der Waals surface area contributed by atoms with E-state index in [9.17, 15) is 4.79 Å². The van der Waals surface area contributed by atoms with Crippen LogP contribution in [0, 0.1) is 0 Å². The molecule has 1 atom stereocenters. The Bertz CT molecular complexity index is 412. The van der Waals surface area contributed by atoms with E-state index in [-0.39, 0.29) is 5.91 Å². The fourth-order valence-corrected chi connectivity index (χ4v) is 1.83. The van der Waals surface area contributed by atoms with Gasteiger partial charge in [0.05, 0.1) is 6.61 Å². The number of rotatable bonds is 9. The van der Waals surface area contributed by atoms with Crippen molar-refractivity contribution in [1.82, 2.24) is 5.32 Å². The number of hydrogen-bond acceptors (Lipinski definition) is 2. The lowest BCUT2D eigenvalue weighted by molar-refractivity contribution is -0.116. The fraction of sp³-hybridized carbons (Fsp3) is 0.471. The topological polar surface area (TPSA) is 38.3 Å². The van der Waals surface area contributed by atoms with Crippen molar-refractivity contribution in [3.8, 4) is 5.75 Å². The fourth-order valence-electron chi connectivity index (χ4n) is 1.83. The van der Waals surface area contributed by atoms with Gasteiger partial charge in [0.25, 0.3) is 0 Å². The molecule has 0 spiro atoms. The van der Waals surface area contributed by atoms with E-state index in [2.05, 4.69) is 37.9 Å². The van der Waals surface area contributed by atoms with Crippen LogP contribution in [0.1, 0.15) is 44.6 Å². The molecule has 110 valence electrons. The summed E-state index contributed by atoms with van der Waals surface area (Å²) in [4.78, 5) is 10.9. The SMILES string of the molecule is C=CC(=O)NCCCCOc1ccc(C(C)CC)cc1. The third-order valence-corrected chi connectivity index (χ3v) is 3.39. The molecule has 0 aliphatic rings. The first-order chi connectivity index (χ1) is 9.67. The molecule has 0 saturated heterocycles. The summed E-state index contributed by atoms with van der Waals surface area (Å²) in [6.45, 7) is 9.17. The van der Waals surface area contributed by atoms with Crippen LogP contribution in [-0.4, -0.2) is 19.1 Å². The minimum atomic E-state index is -0.119. The Labute approximate surface area is 122 Å². The standard InChI is InChI=1S/C17H25NO2/c1-4-14(3)15-8-10-16(11-9-15)20-13-7-6-12-18-17(19)5-2/h5,8-11,14H,2,4,6-7,12-13H2,1,3H3,(H,18,19). The summed E-state index contributed by atoms with van der Waals surface area (Å²) in [7, 11) is 0. The average molecular weight is 275 g/mol. The van der Waals surface area contributed by atoms with Crippen molar-refractivity contribution in [2.24, 2.45) is 0 Å². The zero-order chi connectivity index (χ0) is 14.8. The van der Waals surface area contributed by atoms with Gasteiger partial charge in [-0.25, -0.2) is 0 Å². The number of nitrogens with one attached hydrogen (secondary N) is 1. The molecule has 1 N–H and O–H groups in total. The molecular weight excluding hydrogens is 250 g/mol. The van der Waals surface area contributed by atoms with Crippen LogP contribution in [0.3, 0.4) is 0 Å². The predicted octanol–water partition coefficient (Wildman–Crippen LogP) is 3.66. The van der Waals surface area contributed by atoms with Crippen LogP contribution < -0.4 is 10.1 Å². The molecular formula is C17H25NO2. The number of hydrogen-bond donors (Lipinski definition) is 1. The van der Waals surface area contributed by atoms with Gasteiger partial charge in [-0.1, -0.05) is 32.6 Å².